The molecule has 2 aliphatic heterocycles. The van der Waals surface area contributed by atoms with Crippen molar-refractivity contribution in [3.8, 4) is 0 Å². The molecule has 4 rings (SSSR count). The molecule has 2 aromatic carbocycles. The molecular weight excluding hydrogens is 437 g/mol. The van der Waals surface area contributed by atoms with Crippen LogP contribution < -0.4 is 10.2 Å². The number of nitrogens with zero attached hydrogens (tertiary/aromatic N) is 2. The summed E-state index contributed by atoms with van der Waals surface area (Å²) < 4.78 is 5.44. The lowest BCUT2D eigenvalue weighted by molar-refractivity contribution is -0.121. The van der Waals surface area contributed by atoms with Crippen molar-refractivity contribution in [2.24, 2.45) is 5.92 Å². The third-order valence-electron chi connectivity index (χ3n) is 5.74. The molecule has 0 unspecified atom stereocenters. The Morgan fingerprint density at radius 2 is 1.68 bits per heavy atom. The SMILES string of the molecule is O=C(Nc1cc(Cl)ccc1N1CCOCC1)[C@H]1CCCN(C(=O)c2ccc(Cl)cc2)C1. The fourth-order valence-electron chi connectivity index (χ4n) is 4.07. The van der Waals surface area contributed by atoms with Gasteiger partial charge in [-0.1, -0.05) is 23.2 Å². The van der Waals surface area contributed by atoms with Gasteiger partial charge < -0.3 is 19.9 Å². The molecule has 2 aromatic rings. The Bertz CT molecular complexity index is 946. The van der Waals surface area contributed by atoms with Crippen molar-refractivity contribution >= 4 is 46.4 Å². The summed E-state index contributed by atoms with van der Waals surface area (Å²) in [7, 11) is 0. The van der Waals surface area contributed by atoms with Crippen LogP contribution in [0.25, 0.3) is 0 Å². The smallest absolute Gasteiger partial charge is 0.253 e. The zero-order valence-corrected chi connectivity index (χ0v) is 18.7. The van der Waals surface area contributed by atoms with E-state index in [-0.39, 0.29) is 17.7 Å². The number of carbonyl (C=O) groups excluding carboxylic acids is 2. The van der Waals surface area contributed by atoms with E-state index in [4.69, 9.17) is 27.9 Å². The van der Waals surface area contributed by atoms with E-state index in [9.17, 15) is 9.59 Å². The van der Waals surface area contributed by atoms with E-state index < -0.39 is 0 Å². The zero-order chi connectivity index (χ0) is 21.8. The van der Waals surface area contributed by atoms with Crippen LogP contribution in [0.1, 0.15) is 23.2 Å². The molecule has 6 nitrogen and oxygen atoms in total. The molecule has 0 radical (unpaired) electrons. The first-order chi connectivity index (χ1) is 15.0. The number of likely N-dealkylation sites (tertiary alicyclic amines) is 1. The average molecular weight is 462 g/mol. The monoisotopic (exact) mass is 461 g/mol. The second kappa shape index (κ2) is 9.90. The summed E-state index contributed by atoms with van der Waals surface area (Å²) in [5, 5.41) is 4.22. The van der Waals surface area contributed by atoms with Gasteiger partial charge in [-0.15, -0.1) is 0 Å². The molecular formula is C23H25Cl2N3O3. The number of hydrogen-bond donors (Lipinski definition) is 1. The molecule has 0 spiro atoms. The van der Waals surface area contributed by atoms with Crippen LogP contribution in [0.3, 0.4) is 0 Å². The van der Waals surface area contributed by atoms with Crippen LogP contribution in [0.15, 0.2) is 42.5 Å². The molecule has 0 bridgehead atoms. The lowest BCUT2D eigenvalue weighted by Gasteiger charge is -2.33. The van der Waals surface area contributed by atoms with Crippen LogP contribution in [0, 0.1) is 5.92 Å². The molecule has 2 amide bonds. The Kier molecular flexibility index (Phi) is 7.00. The first-order valence-corrected chi connectivity index (χ1v) is 11.2. The van der Waals surface area contributed by atoms with Crippen molar-refractivity contribution in [1.82, 2.24) is 4.90 Å². The van der Waals surface area contributed by atoms with Crippen LogP contribution in [0.2, 0.25) is 10.0 Å². The molecule has 164 valence electrons. The first-order valence-electron chi connectivity index (χ1n) is 10.5. The predicted octanol–water partition coefficient (Wildman–Crippen LogP) is 4.32. The number of piperidine rings is 1. The van der Waals surface area contributed by atoms with E-state index in [1.54, 1.807) is 35.2 Å². The van der Waals surface area contributed by atoms with Crippen LogP contribution in [-0.4, -0.2) is 56.1 Å². The van der Waals surface area contributed by atoms with E-state index in [2.05, 4.69) is 10.2 Å². The van der Waals surface area contributed by atoms with Gasteiger partial charge in [-0.25, -0.2) is 0 Å². The van der Waals surface area contributed by atoms with Crippen LogP contribution >= 0.6 is 23.2 Å². The molecule has 2 heterocycles. The zero-order valence-electron chi connectivity index (χ0n) is 17.2. The fourth-order valence-corrected chi connectivity index (χ4v) is 4.37. The number of amides is 2. The lowest BCUT2D eigenvalue weighted by atomic mass is 9.96. The highest BCUT2D eigenvalue weighted by molar-refractivity contribution is 6.31. The highest BCUT2D eigenvalue weighted by Gasteiger charge is 2.29. The van der Waals surface area contributed by atoms with Crippen LogP contribution in [0.4, 0.5) is 11.4 Å². The summed E-state index contributed by atoms with van der Waals surface area (Å²) in [6.45, 7) is 3.86. The van der Waals surface area contributed by atoms with Crippen molar-refractivity contribution in [3.63, 3.8) is 0 Å². The summed E-state index contributed by atoms with van der Waals surface area (Å²) in [4.78, 5) is 29.9. The predicted molar refractivity (Wildman–Crippen MR) is 123 cm³/mol. The normalized spacial score (nSPS) is 19.2. The minimum atomic E-state index is -0.276. The number of morpholine rings is 1. The van der Waals surface area contributed by atoms with Gasteiger partial charge in [0.2, 0.25) is 5.91 Å². The summed E-state index contributed by atoms with van der Waals surface area (Å²) >= 11 is 12.1. The lowest BCUT2D eigenvalue weighted by Crippen LogP contribution is -2.44. The Hall–Kier alpha value is -2.28. The van der Waals surface area contributed by atoms with Gasteiger partial charge in [0.25, 0.3) is 5.91 Å². The number of anilines is 2. The van der Waals surface area contributed by atoms with E-state index in [0.29, 0.717) is 47.6 Å². The fraction of sp³-hybridized carbons (Fsp3) is 0.391. The van der Waals surface area contributed by atoms with Gasteiger partial charge in [0.15, 0.2) is 0 Å². The second-order valence-corrected chi connectivity index (χ2v) is 8.72. The number of rotatable bonds is 4. The minimum Gasteiger partial charge on any atom is -0.378 e. The number of ether oxygens (including phenoxy) is 1. The van der Waals surface area contributed by atoms with Gasteiger partial charge in [-0.3, -0.25) is 9.59 Å². The number of benzene rings is 2. The molecule has 2 aliphatic rings. The summed E-state index contributed by atoms with van der Waals surface area (Å²) in [6.07, 6.45) is 1.52. The molecule has 0 saturated carbocycles. The molecule has 0 aromatic heterocycles. The van der Waals surface area contributed by atoms with Crippen molar-refractivity contribution in [3.05, 3.63) is 58.1 Å². The summed E-state index contributed by atoms with van der Waals surface area (Å²) in [5.41, 5.74) is 2.21. The van der Waals surface area contributed by atoms with Gasteiger partial charge >= 0.3 is 0 Å². The van der Waals surface area contributed by atoms with Crippen LogP contribution in [-0.2, 0) is 9.53 Å². The number of hydrogen-bond acceptors (Lipinski definition) is 4. The molecule has 2 saturated heterocycles. The standard InChI is InChI=1S/C23H25Cl2N3O3/c24-18-5-3-16(4-6-18)23(30)28-9-1-2-17(15-28)22(29)26-20-14-19(25)7-8-21(20)27-10-12-31-13-11-27/h3-8,14,17H,1-2,9-13,15H2,(H,26,29)/t17-/m0/s1. The first kappa shape index (κ1) is 21.9. The van der Waals surface area contributed by atoms with Gasteiger partial charge in [0, 0.05) is 41.8 Å². The van der Waals surface area contributed by atoms with Gasteiger partial charge in [-0.05, 0) is 55.3 Å². The molecule has 0 aliphatic carbocycles. The van der Waals surface area contributed by atoms with Gasteiger partial charge in [0.05, 0.1) is 30.5 Å². The maximum absolute atomic E-state index is 13.1. The second-order valence-electron chi connectivity index (χ2n) is 7.85. The number of carbonyl (C=O) groups is 2. The summed E-state index contributed by atoms with van der Waals surface area (Å²) in [6, 6.07) is 12.4. The largest absolute Gasteiger partial charge is 0.378 e. The van der Waals surface area contributed by atoms with Gasteiger partial charge in [0.1, 0.15) is 0 Å². The van der Waals surface area contributed by atoms with E-state index in [0.717, 1.165) is 31.6 Å². The Morgan fingerprint density at radius 3 is 2.42 bits per heavy atom. The third kappa shape index (κ3) is 5.32. The van der Waals surface area contributed by atoms with Crippen molar-refractivity contribution < 1.29 is 14.3 Å². The van der Waals surface area contributed by atoms with Crippen molar-refractivity contribution in [2.45, 2.75) is 12.8 Å². The Morgan fingerprint density at radius 1 is 0.968 bits per heavy atom. The third-order valence-corrected chi connectivity index (χ3v) is 6.23. The molecule has 1 atom stereocenters. The van der Waals surface area contributed by atoms with E-state index >= 15 is 0 Å². The maximum Gasteiger partial charge on any atom is 0.253 e. The quantitative estimate of drug-likeness (QED) is 0.736. The summed E-state index contributed by atoms with van der Waals surface area (Å²) in [5.74, 6) is -0.446. The highest BCUT2D eigenvalue weighted by Crippen LogP contribution is 2.31. The number of halogens is 2. The van der Waals surface area contributed by atoms with Crippen molar-refractivity contribution in [2.75, 3.05) is 49.6 Å². The highest BCUT2D eigenvalue weighted by atomic mass is 35.5. The Balaban J connectivity index is 1.45. The van der Waals surface area contributed by atoms with Crippen LogP contribution in [0.5, 0.6) is 0 Å². The average Bonchev–Trinajstić information content (AvgIpc) is 2.80. The van der Waals surface area contributed by atoms with E-state index in [1.807, 2.05) is 12.1 Å². The molecule has 2 fully saturated rings. The minimum absolute atomic E-state index is 0.0778. The van der Waals surface area contributed by atoms with Crippen molar-refractivity contribution in [1.29, 1.82) is 0 Å². The molecule has 1 N–H and O–H groups in total. The van der Waals surface area contributed by atoms with Gasteiger partial charge in [-0.2, -0.15) is 0 Å². The Labute approximate surface area is 192 Å². The van der Waals surface area contributed by atoms with E-state index in [1.165, 1.54) is 0 Å². The topological polar surface area (TPSA) is 61.9 Å². The maximum atomic E-state index is 13.1. The number of nitrogens with one attached hydrogen (secondary N) is 1. The molecule has 8 heteroatoms. The molecule has 31 heavy (non-hydrogen) atoms.